The summed E-state index contributed by atoms with van der Waals surface area (Å²) in [6, 6.07) is 17.1. The van der Waals surface area contributed by atoms with Crippen LogP contribution in [0.4, 0.5) is 15.2 Å². The van der Waals surface area contributed by atoms with Crippen molar-refractivity contribution in [1.29, 1.82) is 0 Å². The fourth-order valence-corrected chi connectivity index (χ4v) is 6.50. The number of thiazole rings is 1. The molecule has 1 fully saturated rings. The second-order valence-corrected chi connectivity index (χ2v) is 11.8. The largest absolute Gasteiger partial charge is 0.351 e. The van der Waals surface area contributed by atoms with Gasteiger partial charge in [0.05, 0.1) is 15.1 Å². The molecule has 3 aromatic carbocycles. The van der Waals surface area contributed by atoms with Crippen LogP contribution in [0.25, 0.3) is 10.2 Å². The average molecular weight is 590 g/mol. The van der Waals surface area contributed by atoms with Gasteiger partial charge in [-0.1, -0.05) is 29.5 Å². The predicted molar refractivity (Wildman–Crippen MR) is 156 cm³/mol. The van der Waals surface area contributed by atoms with Gasteiger partial charge in [0, 0.05) is 50.5 Å². The van der Waals surface area contributed by atoms with E-state index in [1.54, 1.807) is 29.5 Å². The van der Waals surface area contributed by atoms with Crippen molar-refractivity contribution in [3.63, 3.8) is 0 Å². The lowest BCUT2D eigenvalue weighted by Gasteiger charge is -2.34. The number of hydrogen-bond donors (Lipinski definition) is 2. The summed E-state index contributed by atoms with van der Waals surface area (Å²) in [6.45, 7) is 6.80. The number of fused-ring (bicyclic) bond motifs is 1. The number of carbonyl (C=O) groups excluding carboxylic acids is 1. The number of amides is 1. The number of nitrogens with zero attached hydrogens (tertiary/aromatic N) is 3. The number of anilines is 2. The van der Waals surface area contributed by atoms with Gasteiger partial charge in [-0.15, -0.1) is 12.4 Å². The molecule has 0 saturated carbocycles. The Kier molecular flexibility index (Phi) is 9.06. The fraction of sp³-hybridized carbons (Fsp3) is 0.259. The Bertz CT molecular complexity index is 1560. The topological polar surface area (TPSA) is 94.6 Å². The van der Waals surface area contributed by atoms with E-state index in [9.17, 15) is 17.6 Å². The van der Waals surface area contributed by atoms with Gasteiger partial charge in [0.15, 0.2) is 5.13 Å². The summed E-state index contributed by atoms with van der Waals surface area (Å²) >= 11 is 1.72. The first-order valence-corrected chi connectivity index (χ1v) is 14.6. The van der Waals surface area contributed by atoms with Crippen LogP contribution in [0.5, 0.6) is 0 Å². The maximum Gasteiger partial charge on any atom is 0.261 e. The summed E-state index contributed by atoms with van der Waals surface area (Å²) in [5, 5.41) is 3.97. The molecule has 8 nitrogen and oxygen atoms in total. The maximum absolute atomic E-state index is 13.1. The highest BCUT2D eigenvalue weighted by molar-refractivity contribution is 7.92. The number of hydrogen-bond acceptors (Lipinski definition) is 7. The molecule has 206 valence electrons. The first kappa shape index (κ1) is 28.8. The van der Waals surface area contributed by atoms with Crippen molar-refractivity contribution in [2.45, 2.75) is 11.8 Å². The number of aryl methyl sites for hydroxylation is 1. The highest BCUT2D eigenvalue weighted by Gasteiger charge is 2.20. The summed E-state index contributed by atoms with van der Waals surface area (Å²) in [5.41, 5.74) is 2.86. The summed E-state index contributed by atoms with van der Waals surface area (Å²) in [7, 11) is -3.90. The SMILES string of the molecule is Cc1cccc2sc(N3CCN(CCNC(=O)c4cccc(NS(=O)(=O)c5ccc(F)cc5)c4)CC3)nc12.Cl. The molecule has 5 rings (SSSR count). The first-order chi connectivity index (χ1) is 18.3. The summed E-state index contributed by atoms with van der Waals surface area (Å²) in [6.07, 6.45) is 0. The fourth-order valence-electron chi connectivity index (χ4n) is 4.35. The minimum absolute atomic E-state index is 0. The highest BCUT2D eigenvalue weighted by Crippen LogP contribution is 2.31. The van der Waals surface area contributed by atoms with Crippen molar-refractivity contribution in [1.82, 2.24) is 15.2 Å². The van der Waals surface area contributed by atoms with Crippen molar-refractivity contribution in [2.75, 3.05) is 48.9 Å². The smallest absolute Gasteiger partial charge is 0.261 e. The van der Waals surface area contributed by atoms with Gasteiger partial charge in [0.2, 0.25) is 0 Å². The summed E-state index contributed by atoms with van der Waals surface area (Å²) < 4.78 is 41.9. The standard InChI is InChI=1S/C27H28FN5O3S2.ClH/c1-19-4-2-7-24-25(19)30-27(37-24)33-16-14-32(15-17-33)13-12-29-26(34)20-5-3-6-22(18-20)31-38(35,36)23-10-8-21(28)9-11-23;/h2-11,18,31H,12-17H2,1H3,(H,29,34);1H. The molecule has 1 aromatic heterocycles. The van der Waals surface area contributed by atoms with Crippen LogP contribution in [0.1, 0.15) is 15.9 Å². The average Bonchev–Trinajstić information content (AvgIpc) is 3.35. The monoisotopic (exact) mass is 589 g/mol. The molecular formula is C27H29ClFN5O3S2. The molecular weight excluding hydrogens is 561 g/mol. The Morgan fingerprint density at radius 1 is 1.03 bits per heavy atom. The Morgan fingerprint density at radius 3 is 2.46 bits per heavy atom. The second-order valence-electron chi connectivity index (χ2n) is 9.14. The summed E-state index contributed by atoms with van der Waals surface area (Å²) in [5.74, 6) is -0.802. The Hall–Kier alpha value is -3.25. The number of rotatable bonds is 8. The van der Waals surface area contributed by atoms with Crippen LogP contribution in [0.2, 0.25) is 0 Å². The third kappa shape index (κ3) is 6.85. The molecule has 1 amide bonds. The quantitative estimate of drug-likeness (QED) is 0.314. The van der Waals surface area contributed by atoms with Crippen molar-refractivity contribution in [3.8, 4) is 0 Å². The van der Waals surface area contributed by atoms with Gasteiger partial charge in [-0.3, -0.25) is 14.4 Å². The first-order valence-electron chi connectivity index (χ1n) is 12.3. The van der Waals surface area contributed by atoms with Crippen LogP contribution < -0.4 is 14.9 Å². The molecule has 0 atom stereocenters. The molecule has 1 aliphatic heterocycles. The van der Waals surface area contributed by atoms with E-state index in [-0.39, 0.29) is 28.9 Å². The minimum Gasteiger partial charge on any atom is -0.351 e. The normalized spacial score (nSPS) is 14.2. The number of benzene rings is 3. The Morgan fingerprint density at radius 2 is 1.74 bits per heavy atom. The van der Waals surface area contributed by atoms with Gasteiger partial charge in [0.25, 0.3) is 15.9 Å². The Balaban J connectivity index is 0.00000353. The van der Waals surface area contributed by atoms with E-state index in [1.165, 1.54) is 28.5 Å². The van der Waals surface area contributed by atoms with Crippen LogP contribution in [-0.4, -0.2) is 63.5 Å². The zero-order valence-corrected chi connectivity index (χ0v) is 23.7. The minimum atomic E-state index is -3.90. The molecule has 0 unspecified atom stereocenters. The molecule has 0 radical (unpaired) electrons. The number of sulfonamides is 1. The van der Waals surface area contributed by atoms with Crippen molar-refractivity contribution in [3.05, 3.63) is 83.7 Å². The lowest BCUT2D eigenvalue weighted by Crippen LogP contribution is -2.48. The van der Waals surface area contributed by atoms with E-state index >= 15 is 0 Å². The van der Waals surface area contributed by atoms with Gasteiger partial charge in [-0.05, 0) is 61.0 Å². The molecule has 0 bridgehead atoms. The second kappa shape index (κ2) is 12.3. The number of carbonyl (C=O) groups is 1. The van der Waals surface area contributed by atoms with Crippen LogP contribution in [-0.2, 0) is 10.0 Å². The van der Waals surface area contributed by atoms with E-state index < -0.39 is 15.8 Å². The van der Waals surface area contributed by atoms with Gasteiger partial charge < -0.3 is 10.2 Å². The van der Waals surface area contributed by atoms with Crippen LogP contribution in [0, 0.1) is 12.7 Å². The van der Waals surface area contributed by atoms with Gasteiger partial charge in [-0.25, -0.2) is 17.8 Å². The molecule has 2 heterocycles. The molecule has 12 heteroatoms. The zero-order valence-electron chi connectivity index (χ0n) is 21.3. The number of piperazine rings is 1. The van der Waals surface area contributed by atoms with Crippen LogP contribution in [0.3, 0.4) is 0 Å². The molecule has 1 aliphatic rings. The number of halogens is 2. The lowest BCUT2D eigenvalue weighted by atomic mass is 10.2. The third-order valence-electron chi connectivity index (χ3n) is 6.47. The highest BCUT2D eigenvalue weighted by atomic mass is 35.5. The Labute approximate surface area is 237 Å². The molecule has 0 aliphatic carbocycles. The molecule has 1 saturated heterocycles. The van der Waals surface area contributed by atoms with Crippen LogP contribution >= 0.6 is 23.7 Å². The summed E-state index contributed by atoms with van der Waals surface area (Å²) in [4.78, 5) is 22.1. The van der Waals surface area contributed by atoms with E-state index in [4.69, 9.17) is 4.98 Å². The maximum atomic E-state index is 13.1. The number of para-hydroxylation sites is 1. The zero-order chi connectivity index (χ0) is 26.7. The van der Waals surface area contributed by atoms with E-state index in [0.717, 1.165) is 55.5 Å². The van der Waals surface area contributed by atoms with Crippen molar-refractivity contribution < 1.29 is 17.6 Å². The van der Waals surface area contributed by atoms with Crippen molar-refractivity contribution in [2.24, 2.45) is 0 Å². The van der Waals surface area contributed by atoms with Crippen LogP contribution in [0.15, 0.2) is 71.6 Å². The third-order valence-corrected chi connectivity index (χ3v) is 8.95. The molecule has 4 aromatic rings. The van der Waals surface area contributed by atoms with E-state index in [2.05, 4.69) is 45.0 Å². The number of nitrogens with one attached hydrogen (secondary N) is 2. The molecule has 2 N–H and O–H groups in total. The molecule has 0 spiro atoms. The van der Waals surface area contributed by atoms with Gasteiger partial charge >= 0.3 is 0 Å². The number of aromatic nitrogens is 1. The predicted octanol–water partition coefficient (Wildman–Crippen LogP) is 4.52. The van der Waals surface area contributed by atoms with Gasteiger partial charge in [-0.2, -0.15) is 0 Å². The lowest BCUT2D eigenvalue weighted by molar-refractivity contribution is 0.0948. The van der Waals surface area contributed by atoms with E-state index in [1.807, 2.05) is 0 Å². The van der Waals surface area contributed by atoms with E-state index in [0.29, 0.717) is 12.1 Å². The van der Waals surface area contributed by atoms with Gasteiger partial charge in [0.1, 0.15) is 5.82 Å². The molecule has 39 heavy (non-hydrogen) atoms. The van der Waals surface area contributed by atoms with Crippen molar-refractivity contribution >= 4 is 60.7 Å².